The van der Waals surface area contributed by atoms with Crippen molar-refractivity contribution in [2.45, 2.75) is 13.3 Å². The molecule has 0 radical (unpaired) electrons. The Morgan fingerprint density at radius 2 is 1.91 bits per heavy atom. The van der Waals surface area contributed by atoms with Crippen molar-refractivity contribution in [3.8, 4) is 10.4 Å². The molecule has 1 fully saturated rings. The summed E-state index contributed by atoms with van der Waals surface area (Å²) in [6, 6.07) is 12.8. The Morgan fingerprint density at radius 3 is 2.78 bits per heavy atom. The first kappa shape index (κ1) is 15.0. The summed E-state index contributed by atoms with van der Waals surface area (Å²) in [6.45, 7) is 4.17. The number of thiophene rings is 1. The van der Waals surface area contributed by atoms with E-state index in [9.17, 15) is 0 Å². The SMILES string of the molecule is Cc1nc(N2CCCSCC2)c2cc(-c3ccccc3)sc2n1. The number of anilines is 1. The molecule has 4 rings (SSSR count). The van der Waals surface area contributed by atoms with Gasteiger partial charge in [0.25, 0.3) is 0 Å². The molecule has 118 valence electrons. The first-order valence-corrected chi connectivity index (χ1v) is 9.95. The van der Waals surface area contributed by atoms with Crippen LogP contribution in [0.4, 0.5) is 5.82 Å². The van der Waals surface area contributed by atoms with Gasteiger partial charge in [-0.25, -0.2) is 9.97 Å². The van der Waals surface area contributed by atoms with Crippen molar-refractivity contribution in [1.29, 1.82) is 0 Å². The maximum atomic E-state index is 4.79. The molecule has 5 heteroatoms. The Labute approximate surface area is 144 Å². The molecule has 0 amide bonds. The normalized spacial score (nSPS) is 15.8. The van der Waals surface area contributed by atoms with Gasteiger partial charge in [0.05, 0.1) is 5.39 Å². The van der Waals surface area contributed by atoms with E-state index in [1.165, 1.54) is 33.8 Å². The van der Waals surface area contributed by atoms with Crippen LogP contribution >= 0.6 is 23.1 Å². The van der Waals surface area contributed by atoms with Crippen LogP contribution in [-0.4, -0.2) is 34.6 Å². The van der Waals surface area contributed by atoms with Gasteiger partial charge in [0.1, 0.15) is 16.5 Å². The fraction of sp³-hybridized carbons (Fsp3) is 0.333. The molecule has 3 nitrogen and oxygen atoms in total. The molecule has 0 bridgehead atoms. The predicted molar refractivity (Wildman–Crippen MR) is 102 cm³/mol. The summed E-state index contributed by atoms with van der Waals surface area (Å²) >= 11 is 3.81. The monoisotopic (exact) mass is 341 g/mol. The largest absolute Gasteiger partial charge is 0.355 e. The maximum absolute atomic E-state index is 4.79. The van der Waals surface area contributed by atoms with Gasteiger partial charge in [0, 0.05) is 23.7 Å². The van der Waals surface area contributed by atoms with E-state index in [2.05, 4.69) is 46.3 Å². The van der Waals surface area contributed by atoms with Gasteiger partial charge < -0.3 is 4.90 Å². The second-order valence-corrected chi connectivity index (χ2v) is 8.00. The number of hydrogen-bond donors (Lipinski definition) is 0. The van der Waals surface area contributed by atoms with Crippen molar-refractivity contribution in [2.75, 3.05) is 29.5 Å². The van der Waals surface area contributed by atoms with Crippen LogP contribution in [0.5, 0.6) is 0 Å². The lowest BCUT2D eigenvalue weighted by Gasteiger charge is -2.22. The zero-order valence-electron chi connectivity index (χ0n) is 13.2. The third-order valence-electron chi connectivity index (χ3n) is 4.06. The number of aryl methyl sites for hydroxylation is 1. The van der Waals surface area contributed by atoms with Gasteiger partial charge in [-0.05, 0) is 30.7 Å². The minimum atomic E-state index is 0.867. The Bertz CT molecular complexity index is 806. The zero-order chi connectivity index (χ0) is 15.6. The molecule has 0 N–H and O–H groups in total. The molecule has 1 aliphatic rings. The van der Waals surface area contributed by atoms with Crippen molar-refractivity contribution in [2.24, 2.45) is 0 Å². The Balaban J connectivity index is 1.82. The van der Waals surface area contributed by atoms with E-state index in [1.807, 2.05) is 18.7 Å². The maximum Gasteiger partial charge on any atom is 0.141 e. The fourth-order valence-electron chi connectivity index (χ4n) is 2.95. The Morgan fingerprint density at radius 1 is 1.04 bits per heavy atom. The Kier molecular flexibility index (Phi) is 4.23. The van der Waals surface area contributed by atoms with E-state index < -0.39 is 0 Å². The van der Waals surface area contributed by atoms with E-state index in [4.69, 9.17) is 4.98 Å². The molecule has 0 saturated carbocycles. The van der Waals surface area contributed by atoms with E-state index in [1.54, 1.807) is 11.3 Å². The van der Waals surface area contributed by atoms with Gasteiger partial charge in [0.15, 0.2) is 0 Å². The average Bonchev–Trinajstić information content (AvgIpc) is 2.81. The molecule has 3 aromatic rings. The second kappa shape index (κ2) is 6.49. The number of nitrogens with zero attached hydrogens (tertiary/aromatic N) is 3. The molecular weight excluding hydrogens is 322 g/mol. The lowest BCUT2D eigenvalue weighted by Crippen LogP contribution is -2.26. The summed E-state index contributed by atoms with van der Waals surface area (Å²) < 4.78 is 0. The minimum absolute atomic E-state index is 0.867. The summed E-state index contributed by atoms with van der Waals surface area (Å²) in [5.74, 6) is 4.42. The van der Waals surface area contributed by atoms with Crippen LogP contribution in [0.15, 0.2) is 36.4 Å². The van der Waals surface area contributed by atoms with Crippen molar-refractivity contribution in [3.63, 3.8) is 0 Å². The predicted octanol–water partition coefficient (Wildman–Crippen LogP) is 4.61. The number of benzene rings is 1. The third-order valence-corrected chi connectivity index (χ3v) is 6.19. The second-order valence-electron chi connectivity index (χ2n) is 5.74. The third kappa shape index (κ3) is 3.08. The molecule has 1 saturated heterocycles. The molecule has 3 heterocycles. The van der Waals surface area contributed by atoms with Gasteiger partial charge in [-0.15, -0.1) is 11.3 Å². The molecule has 0 atom stereocenters. The van der Waals surface area contributed by atoms with Gasteiger partial charge >= 0.3 is 0 Å². The average molecular weight is 342 g/mol. The number of aromatic nitrogens is 2. The highest BCUT2D eigenvalue weighted by Gasteiger charge is 2.18. The van der Waals surface area contributed by atoms with Crippen LogP contribution in [0.1, 0.15) is 12.2 Å². The molecule has 23 heavy (non-hydrogen) atoms. The molecule has 2 aromatic heterocycles. The zero-order valence-corrected chi connectivity index (χ0v) is 14.8. The summed E-state index contributed by atoms with van der Waals surface area (Å²) in [5, 5.41) is 1.20. The van der Waals surface area contributed by atoms with Crippen molar-refractivity contribution in [1.82, 2.24) is 9.97 Å². The summed E-state index contributed by atoms with van der Waals surface area (Å²) in [7, 11) is 0. The van der Waals surface area contributed by atoms with Gasteiger partial charge in [-0.2, -0.15) is 11.8 Å². The van der Waals surface area contributed by atoms with E-state index >= 15 is 0 Å². The highest BCUT2D eigenvalue weighted by Crippen LogP contribution is 2.36. The van der Waals surface area contributed by atoms with E-state index in [-0.39, 0.29) is 0 Å². The van der Waals surface area contributed by atoms with Crippen molar-refractivity contribution >= 4 is 39.1 Å². The molecule has 0 unspecified atom stereocenters. The van der Waals surface area contributed by atoms with Crippen LogP contribution < -0.4 is 4.90 Å². The van der Waals surface area contributed by atoms with Gasteiger partial charge in [-0.1, -0.05) is 30.3 Å². The molecule has 1 aromatic carbocycles. The van der Waals surface area contributed by atoms with Gasteiger partial charge in [-0.3, -0.25) is 0 Å². The van der Waals surface area contributed by atoms with Gasteiger partial charge in [0.2, 0.25) is 0 Å². The summed E-state index contributed by atoms with van der Waals surface area (Å²) in [6.07, 6.45) is 1.23. The first-order chi connectivity index (χ1) is 11.3. The Hall–Kier alpha value is -1.59. The van der Waals surface area contributed by atoms with Crippen molar-refractivity contribution in [3.05, 3.63) is 42.2 Å². The highest BCUT2D eigenvalue weighted by atomic mass is 32.2. The van der Waals surface area contributed by atoms with Crippen molar-refractivity contribution < 1.29 is 0 Å². The summed E-state index contributed by atoms with van der Waals surface area (Å²) in [5.41, 5.74) is 1.26. The molecule has 1 aliphatic heterocycles. The van der Waals surface area contributed by atoms with Crippen LogP contribution in [-0.2, 0) is 0 Å². The minimum Gasteiger partial charge on any atom is -0.355 e. The van der Waals surface area contributed by atoms with Crippen LogP contribution in [0, 0.1) is 6.92 Å². The lowest BCUT2D eigenvalue weighted by molar-refractivity contribution is 0.800. The number of fused-ring (bicyclic) bond motifs is 1. The molecular formula is C18H19N3S2. The standard InChI is InChI=1S/C18H19N3S2/c1-13-19-17(21-8-5-10-22-11-9-21)15-12-16(23-18(15)20-13)14-6-3-2-4-7-14/h2-4,6-7,12H,5,8-11H2,1H3. The quantitative estimate of drug-likeness (QED) is 0.681. The van der Waals surface area contributed by atoms with E-state index in [0.29, 0.717) is 0 Å². The van der Waals surface area contributed by atoms with Crippen LogP contribution in [0.3, 0.4) is 0 Å². The van der Waals surface area contributed by atoms with Crippen LogP contribution in [0.2, 0.25) is 0 Å². The molecule has 0 aliphatic carbocycles. The van der Waals surface area contributed by atoms with E-state index in [0.717, 1.165) is 29.6 Å². The molecule has 0 spiro atoms. The number of thioether (sulfide) groups is 1. The lowest BCUT2D eigenvalue weighted by atomic mass is 10.2. The number of hydrogen-bond acceptors (Lipinski definition) is 5. The highest BCUT2D eigenvalue weighted by molar-refractivity contribution is 7.99. The van der Waals surface area contributed by atoms with Crippen LogP contribution in [0.25, 0.3) is 20.7 Å². The summed E-state index contributed by atoms with van der Waals surface area (Å²) in [4.78, 5) is 14.3. The smallest absolute Gasteiger partial charge is 0.141 e. The first-order valence-electron chi connectivity index (χ1n) is 7.97. The fourth-order valence-corrected chi connectivity index (χ4v) is 4.92. The number of rotatable bonds is 2. The topological polar surface area (TPSA) is 29.0 Å².